The maximum absolute atomic E-state index is 12.5. The van der Waals surface area contributed by atoms with E-state index in [2.05, 4.69) is 0 Å². The van der Waals surface area contributed by atoms with Crippen molar-refractivity contribution in [1.29, 1.82) is 0 Å². The van der Waals surface area contributed by atoms with Gasteiger partial charge in [-0.2, -0.15) is 13.2 Å². The molecule has 0 saturated heterocycles. The van der Waals surface area contributed by atoms with Crippen LogP contribution in [0, 0.1) is 0 Å². The van der Waals surface area contributed by atoms with E-state index >= 15 is 0 Å². The minimum atomic E-state index is -4.38. The van der Waals surface area contributed by atoms with Gasteiger partial charge in [-0.1, -0.05) is 0 Å². The first-order chi connectivity index (χ1) is 10.8. The van der Waals surface area contributed by atoms with Gasteiger partial charge in [0, 0.05) is 0 Å². The van der Waals surface area contributed by atoms with E-state index in [4.69, 9.17) is 14.6 Å². The fourth-order valence-corrected chi connectivity index (χ4v) is 1.71. The molecule has 0 saturated carbocycles. The number of benzene rings is 2. The molecular weight excluding hydrogens is 313 g/mol. The summed E-state index contributed by atoms with van der Waals surface area (Å²) in [6.07, 6.45) is -4.49. The summed E-state index contributed by atoms with van der Waals surface area (Å²) in [4.78, 5) is 10.4. The molecule has 0 atom stereocenters. The van der Waals surface area contributed by atoms with Crippen LogP contribution in [0.4, 0.5) is 13.2 Å². The average Bonchev–Trinajstić information content (AvgIpc) is 2.48. The van der Waals surface area contributed by atoms with E-state index in [0.717, 1.165) is 12.1 Å². The summed E-state index contributed by atoms with van der Waals surface area (Å²) >= 11 is 0. The predicted molar refractivity (Wildman–Crippen MR) is 75.7 cm³/mol. The summed E-state index contributed by atoms with van der Waals surface area (Å²) < 4.78 is 48.0. The van der Waals surface area contributed by atoms with E-state index in [0.29, 0.717) is 11.5 Å². The molecule has 0 aliphatic rings. The number of carbonyl (C=O) groups is 1. The van der Waals surface area contributed by atoms with Gasteiger partial charge >= 0.3 is 12.1 Å². The third kappa shape index (κ3) is 5.21. The molecule has 0 spiro atoms. The number of alkyl halides is 3. The maximum Gasteiger partial charge on any atom is 0.416 e. The lowest BCUT2D eigenvalue weighted by Gasteiger charge is -2.10. The SMILES string of the molecule is O=C(O)CCOc1ccc(Oc2ccc(C(F)(F)F)cc2)cc1. The summed E-state index contributed by atoms with van der Waals surface area (Å²) in [5, 5.41) is 8.50. The Bertz CT molecular complexity index is 649. The second kappa shape index (κ2) is 7.04. The van der Waals surface area contributed by atoms with Gasteiger partial charge in [0.05, 0.1) is 18.6 Å². The minimum Gasteiger partial charge on any atom is -0.493 e. The lowest BCUT2D eigenvalue weighted by molar-refractivity contribution is -0.138. The molecule has 0 amide bonds. The van der Waals surface area contributed by atoms with Crippen LogP contribution in [0.25, 0.3) is 0 Å². The van der Waals surface area contributed by atoms with Crippen molar-refractivity contribution in [2.45, 2.75) is 12.6 Å². The van der Waals surface area contributed by atoms with Gasteiger partial charge in [-0.15, -0.1) is 0 Å². The Morgan fingerprint density at radius 2 is 1.39 bits per heavy atom. The van der Waals surface area contributed by atoms with Gasteiger partial charge < -0.3 is 14.6 Å². The molecule has 122 valence electrons. The van der Waals surface area contributed by atoms with Gasteiger partial charge in [-0.3, -0.25) is 4.79 Å². The molecule has 0 aliphatic heterocycles. The van der Waals surface area contributed by atoms with E-state index in [1.54, 1.807) is 24.3 Å². The summed E-state index contributed by atoms with van der Waals surface area (Å²) in [6, 6.07) is 10.7. The second-order valence-corrected chi connectivity index (χ2v) is 4.59. The highest BCUT2D eigenvalue weighted by Crippen LogP contribution is 2.31. The molecule has 4 nitrogen and oxygen atoms in total. The Hall–Kier alpha value is -2.70. The Balaban J connectivity index is 1.94. The normalized spacial score (nSPS) is 11.1. The molecule has 0 radical (unpaired) electrons. The number of aliphatic carboxylic acids is 1. The van der Waals surface area contributed by atoms with Gasteiger partial charge in [0.1, 0.15) is 17.2 Å². The first-order valence-electron chi connectivity index (χ1n) is 6.64. The van der Waals surface area contributed by atoms with Crippen LogP contribution in [0.3, 0.4) is 0 Å². The zero-order chi connectivity index (χ0) is 16.9. The van der Waals surface area contributed by atoms with Gasteiger partial charge in [0.25, 0.3) is 0 Å². The fraction of sp³-hybridized carbons (Fsp3) is 0.188. The molecular formula is C16H13F3O4. The van der Waals surface area contributed by atoms with Gasteiger partial charge in [-0.05, 0) is 48.5 Å². The first-order valence-corrected chi connectivity index (χ1v) is 6.64. The third-order valence-electron chi connectivity index (χ3n) is 2.83. The topological polar surface area (TPSA) is 55.8 Å². The van der Waals surface area contributed by atoms with Crippen LogP contribution in [-0.2, 0) is 11.0 Å². The summed E-state index contributed by atoms with van der Waals surface area (Å²) in [5.41, 5.74) is -0.743. The molecule has 2 aromatic rings. The molecule has 0 unspecified atom stereocenters. The van der Waals surface area contributed by atoms with Crippen LogP contribution >= 0.6 is 0 Å². The zero-order valence-electron chi connectivity index (χ0n) is 11.8. The zero-order valence-corrected chi connectivity index (χ0v) is 11.8. The van der Waals surface area contributed by atoms with E-state index in [1.807, 2.05) is 0 Å². The number of carboxylic acids is 1. The molecule has 2 rings (SSSR count). The quantitative estimate of drug-likeness (QED) is 0.857. The van der Waals surface area contributed by atoms with Crippen molar-refractivity contribution >= 4 is 5.97 Å². The smallest absolute Gasteiger partial charge is 0.416 e. The molecule has 23 heavy (non-hydrogen) atoms. The highest BCUT2D eigenvalue weighted by atomic mass is 19.4. The molecule has 7 heteroatoms. The molecule has 1 N–H and O–H groups in total. The van der Waals surface area contributed by atoms with Crippen molar-refractivity contribution in [1.82, 2.24) is 0 Å². The van der Waals surface area contributed by atoms with Crippen LogP contribution in [0.2, 0.25) is 0 Å². The Kier molecular flexibility index (Phi) is 5.10. The molecule has 2 aromatic carbocycles. The Morgan fingerprint density at radius 1 is 0.913 bits per heavy atom. The third-order valence-corrected chi connectivity index (χ3v) is 2.83. The van der Waals surface area contributed by atoms with Crippen molar-refractivity contribution in [3.8, 4) is 17.2 Å². The molecule has 0 heterocycles. The number of hydrogen-bond acceptors (Lipinski definition) is 3. The van der Waals surface area contributed by atoms with Gasteiger partial charge in [-0.25, -0.2) is 0 Å². The number of carboxylic acid groups (broad SMARTS) is 1. The second-order valence-electron chi connectivity index (χ2n) is 4.59. The first kappa shape index (κ1) is 16.7. The van der Waals surface area contributed by atoms with E-state index in [9.17, 15) is 18.0 Å². The van der Waals surface area contributed by atoms with Crippen LogP contribution < -0.4 is 9.47 Å². The molecule has 0 aliphatic carbocycles. The highest BCUT2D eigenvalue weighted by molar-refractivity contribution is 5.66. The lowest BCUT2D eigenvalue weighted by Crippen LogP contribution is -2.04. The molecule has 0 fully saturated rings. The van der Waals surface area contributed by atoms with Crippen molar-refractivity contribution < 1.29 is 32.5 Å². The van der Waals surface area contributed by atoms with E-state index in [-0.39, 0.29) is 18.8 Å². The van der Waals surface area contributed by atoms with Crippen molar-refractivity contribution in [3.05, 3.63) is 54.1 Å². The summed E-state index contributed by atoms with van der Waals surface area (Å²) in [7, 11) is 0. The number of rotatable bonds is 6. The van der Waals surface area contributed by atoms with Crippen LogP contribution in [-0.4, -0.2) is 17.7 Å². The summed E-state index contributed by atoms with van der Waals surface area (Å²) in [5.74, 6) is 0.228. The number of ether oxygens (including phenoxy) is 2. The number of halogens is 3. The average molecular weight is 326 g/mol. The fourth-order valence-electron chi connectivity index (χ4n) is 1.71. The Morgan fingerprint density at radius 3 is 1.87 bits per heavy atom. The van der Waals surface area contributed by atoms with Crippen LogP contribution in [0.5, 0.6) is 17.2 Å². The monoisotopic (exact) mass is 326 g/mol. The summed E-state index contributed by atoms with van der Waals surface area (Å²) in [6.45, 7) is 0.0500. The minimum absolute atomic E-state index is 0.0500. The standard InChI is InChI=1S/C16H13F3O4/c17-16(18,19)11-1-3-13(4-2-11)23-14-7-5-12(6-8-14)22-10-9-15(20)21/h1-8H,9-10H2,(H,20,21). The van der Waals surface area contributed by atoms with Gasteiger partial charge in [0.2, 0.25) is 0 Å². The maximum atomic E-state index is 12.5. The highest BCUT2D eigenvalue weighted by Gasteiger charge is 2.30. The van der Waals surface area contributed by atoms with Crippen molar-refractivity contribution in [2.75, 3.05) is 6.61 Å². The molecule has 0 aromatic heterocycles. The van der Waals surface area contributed by atoms with E-state index < -0.39 is 17.7 Å². The van der Waals surface area contributed by atoms with Crippen LogP contribution in [0.15, 0.2) is 48.5 Å². The van der Waals surface area contributed by atoms with Crippen LogP contribution in [0.1, 0.15) is 12.0 Å². The van der Waals surface area contributed by atoms with Crippen molar-refractivity contribution in [2.24, 2.45) is 0 Å². The number of hydrogen-bond donors (Lipinski definition) is 1. The lowest BCUT2D eigenvalue weighted by atomic mass is 10.2. The Labute approximate surface area is 130 Å². The van der Waals surface area contributed by atoms with Gasteiger partial charge in [0.15, 0.2) is 0 Å². The largest absolute Gasteiger partial charge is 0.493 e. The van der Waals surface area contributed by atoms with E-state index in [1.165, 1.54) is 12.1 Å². The predicted octanol–water partition coefficient (Wildman–Crippen LogP) is 4.35. The van der Waals surface area contributed by atoms with Crippen molar-refractivity contribution in [3.63, 3.8) is 0 Å². The molecule has 0 bridgehead atoms.